The molecule has 22 heavy (non-hydrogen) atoms. The van der Waals surface area contributed by atoms with Crippen molar-refractivity contribution >= 4 is 12.1 Å². The summed E-state index contributed by atoms with van der Waals surface area (Å²) in [4.78, 5) is 23.0. The van der Waals surface area contributed by atoms with Crippen molar-refractivity contribution in [3.05, 3.63) is 29.3 Å². The van der Waals surface area contributed by atoms with E-state index < -0.39 is 17.7 Å². The normalized spacial score (nSPS) is 10.8. The fraction of sp³-hybridized carbons (Fsp3) is 0.500. The Bertz CT molecular complexity index is 534. The third kappa shape index (κ3) is 6.47. The molecule has 6 heteroatoms. The highest BCUT2D eigenvalue weighted by atomic mass is 16.6. The van der Waals surface area contributed by atoms with Gasteiger partial charge in [-0.1, -0.05) is 0 Å². The molecule has 0 spiro atoms. The molecule has 0 aromatic heterocycles. The number of hydrogen-bond donors (Lipinski definition) is 1. The van der Waals surface area contributed by atoms with Crippen LogP contribution in [-0.2, 0) is 9.47 Å². The molecule has 0 saturated carbocycles. The topological polar surface area (TPSA) is 73.9 Å². The van der Waals surface area contributed by atoms with E-state index in [-0.39, 0.29) is 6.61 Å². The standard InChI is InChI=1S/C16H23NO5/c1-11-8-12(14(18)20-5)10-13(9-11)21-7-6-17-15(19)22-16(2,3)4/h8-10H,6-7H2,1-5H3,(H,17,19). The fourth-order valence-electron chi connectivity index (χ4n) is 1.70. The van der Waals surface area contributed by atoms with Gasteiger partial charge in [0.1, 0.15) is 18.0 Å². The Morgan fingerprint density at radius 3 is 2.45 bits per heavy atom. The first kappa shape index (κ1) is 17.8. The zero-order chi connectivity index (χ0) is 16.8. The second kappa shape index (κ2) is 7.68. The third-order valence-corrected chi connectivity index (χ3v) is 2.51. The van der Waals surface area contributed by atoms with Crippen LogP contribution < -0.4 is 10.1 Å². The molecule has 6 nitrogen and oxygen atoms in total. The van der Waals surface area contributed by atoms with Crippen LogP contribution in [0.15, 0.2) is 18.2 Å². The van der Waals surface area contributed by atoms with Gasteiger partial charge in [-0.2, -0.15) is 0 Å². The van der Waals surface area contributed by atoms with E-state index in [4.69, 9.17) is 9.47 Å². The maximum Gasteiger partial charge on any atom is 0.407 e. The van der Waals surface area contributed by atoms with E-state index in [9.17, 15) is 9.59 Å². The van der Waals surface area contributed by atoms with E-state index in [1.165, 1.54) is 7.11 Å². The van der Waals surface area contributed by atoms with Gasteiger partial charge in [0.25, 0.3) is 0 Å². The average Bonchev–Trinajstić information content (AvgIpc) is 2.40. The number of ether oxygens (including phenoxy) is 3. The van der Waals surface area contributed by atoms with Gasteiger partial charge in [-0.25, -0.2) is 9.59 Å². The molecule has 1 N–H and O–H groups in total. The zero-order valence-corrected chi connectivity index (χ0v) is 13.7. The van der Waals surface area contributed by atoms with Gasteiger partial charge < -0.3 is 19.5 Å². The molecular weight excluding hydrogens is 286 g/mol. The van der Waals surface area contributed by atoms with Gasteiger partial charge in [0.2, 0.25) is 0 Å². The van der Waals surface area contributed by atoms with Gasteiger partial charge in [-0.15, -0.1) is 0 Å². The van der Waals surface area contributed by atoms with Gasteiger partial charge in [-0.05, 0) is 51.5 Å². The smallest absolute Gasteiger partial charge is 0.407 e. The molecule has 0 aliphatic carbocycles. The second-order valence-electron chi connectivity index (χ2n) is 5.80. The lowest BCUT2D eigenvalue weighted by atomic mass is 10.1. The van der Waals surface area contributed by atoms with Crippen molar-refractivity contribution in [2.75, 3.05) is 20.3 Å². The highest BCUT2D eigenvalue weighted by Crippen LogP contribution is 2.17. The molecule has 0 bridgehead atoms. The number of rotatable bonds is 5. The first-order chi connectivity index (χ1) is 10.2. The van der Waals surface area contributed by atoms with Crippen LogP contribution in [0.1, 0.15) is 36.7 Å². The quantitative estimate of drug-likeness (QED) is 0.668. The monoisotopic (exact) mass is 309 g/mol. The van der Waals surface area contributed by atoms with Gasteiger partial charge >= 0.3 is 12.1 Å². The molecule has 1 amide bonds. The molecule has 0 fully saturated rings. The van der Waals surface area contributed by atoms with Gasteiger partial charge in [-0.3, -0.25) is 0 Å². The van der Waals surface area contributed by atoms with Crippen LogP contribution in [0, 0.1) is 6.92 Å². The molecular formula is C16H23NO5. The first-order valence-corrected chi connectivity index (χ1v) is 7.01. The number of carbonyl (C=O) groups excluding carboxylic acids is 2. The van der Waals surface area contributed by atoms with Crippen molar-refractivity contribution in [3.63, 3.8) is 0 Å². The van der Waals surface area contributed by atoms with Crippen molar-refractivity contribution in [3.8, 4) is 5.75 Å². The molecule has 0 unspecified atom stereocenters. The lowest BCUT2D eigenvalue weighted by Gasteiger charge is -2.19. The van der Waals surface area contributed by atoms with Crippen LogP contribution in [0.2, 0.25) is 0 Å². The first-order valence-electron chi connectivity index (χ1n) is 7.01. The number of benzene rings is 1. The maximum absolute atomic E-state index is 11.5. The summed E-state index contributed by atoms with van der Waals surface area (Å²) < 4.78 is 15.3. The number of alkyl carbamates (subject to hydrolysis) is 1. The minimum Gasteiger partial charge on any atom is -0.492 e. The molecule has 0 atom stereocenters. The van der Waals surface area contributed by atoms with Gasteiger partial charge in [0.05, 0.1) is 19.2 Å². The van der Waals surface area contributed by atoms with E-state index in [0.717, 1.165) is 5.56 Å². The number of hydrogen-bond acceptors (Lipinski definition) is 5. The molecule has 0 aliphatic heterocycles. The lowest BCUT2D eigenvalue weighted by Crippen LogP contribution is -2.34. The Morgan fingerprint density at radius 2 is 1.86 bits per heavy atom. The minimum absolute atomic E-state index is 0.267. The van der Waals surface area contributed by atoms with Crippen LogP contribution in [0.5, 0.6) is 5.75 Å². The molecule has 1 aromatic carbocycles. The Hall–Kier alpha value is -2.24. The molecule has 1 aromatic rings. The Morgan fingerprint density at radius 1 is 1.18 bits per heavy atom. The summed E-state index contributed by atoms with van der Waals surface area (Å²) >= 11 is 0. The number of esters is 1. The summed E-state index contributed by atoms with van der Waals surface area (Å²) in [7, 11) is 1.33. The van der Waals surface area contributed by atoms with Crippen LogP contribution in [0.4, 0.5) is 4.79 Å². The summed E-state index contributed by atoms with van der Waals surface area (Å²) in [5, 5.41) is 2.59. The zero-order valence-electron chi connectivity index (χ0n) is 13.7. The SMILES string of the molecule is COC(=O)c1cc(C)cc(OCCNC(=O)OC(C)(C)C)c1. The Balaban J connectivity index is 2.47. The Labute approximate surface area is 130 Å². The summed E-state index contributed by atoms with van der Waals surface area (Å²) in [6.07, 6.45) is -0.490. The molecule has 0 heterocycles. The summed E-state index contributed by atoms with van der Waals surface area (Å²) in [6, 6.07) is 5.13. The Kier molecular flexibility index (Phi) is 6.22. The summed E-state index contributed by atoms with van der Waals surface area (Å²) in [5.74, 6) is 0.131. The van der Waals surface area contributed by atoms with Crippen LogP contribution in [0.3, 0.4) is 0 Å². The van der Waals surface area contributed by atoms with Crippen LogP contribution in [-0.4, -0.2) is 37.9 Å². The van der Waals surface area contributed by atoms with Crippen molar-refractivity contribution in [2.24, 2.45) is 0 Å². The molecule has 0 saturated heterocycles. The molecule has 0 radical (unpaired) electrons. The molecule has 0 aliphatic rings. The summed E-state index contributed by atoms with van der Waals surface area (Å²) in [5.41, 5.74) is 0.785. The van der Waals surface area contributed by atoms with E-state index in [1.54, 1.807) is 39.0 Å². The predicted octanol–water partition coefficient (Wildman–Crippen LogP) is 2.69. The van der Waals surface area contributed by atoms with E-state index in [0.29, 0.717) is 17.9 Å². The van der Waals surface area contributed by atoms with Crippen molar-refractivity contribution in [1.82, 2.24) is 5.32 Å². The van der Waals surface area contributed by atoms with Gasteiger partial charge in [0, 0.05) is 0 Å². The third-order valence-electron chi connectivity index (χ3n) is 2.51. The maximum atomic E-state index is 11.5. The van der Waals surface area contributed by atoms with E-state index >= 15 is 0 Å². The highest BCUT2D eigenvalue weighted by molar-refractivity contribution is 5.90. The van der Waals surface area contributed by atoms with Crippen LogP contribution in [0.25, 0.3) is 0 Å². The number of aryl methyl sites for hydroxylation is 1. The molecule has 122 valence electrons. The van der Waals surface area contributed by atoms with Crippen molar-refractivity contribution in [1.29, 1.82) is 0 Å². The van der Waals surface area contributed by atoms with Crippen molar-refractivity contribution in [2.45, 2.75) is 33.3 Å². The number of methoxy groups -OCH3 is 1. The van der Waals surface area contributed by atoms with Crippen LogP contribution >= 0.6 is 0 Å². The second-order valence-corrected chi connectivity index (χ2v) is 5.80. The number of carbonyl (C=O) groups is 2. The van der Waals surface area contributed by atoms with Crippen molar-refractivity contribution < 1.29 is 23.8 Å². The number of amides is 1. The highest BCUT2D eigenvalue weighted by Gasteiger charge is 2.15. The summed E-state index contributed by atoms with van der Waals surface area (Å²) in [6.45, 7) is 7.82. The molecule has 1 rings (SSSR count). The van der Waals surface area contributed by atoms with E-state index in [1.807, 2.05) is 6.92 Å². The largest absolute Gasteiger partial charge is 0.492 e. The predicted molar refractivity (Wildman–Crippen MR) is 82.3 cm³/mol. The minimum atomic E-state index is -0.531. The lowest BCUT2D eigenvalue weighted by molar-refractivity contribution is 0.0519. The average molecular weight is 309 g/mol. The van der Waals surface area contributed by atoms with Gasteiger partial charge in [0.15, 0.2) is 0 Å². The van der Waals surface area contributed by atoms with E-state index in [2.05, 4.69) is 10.1 Å². The fourth-order valence-corrected chi connectivity index (χ4v) is 1.70. The number of nitrogens with one attached hydrogen (secondary N) is 1.